The van der Waals surface area contributed by atoms with Crippen molar-refractivity contribution in [3.63, 3.8) is 0 Å². The number of fused-ring (bicyclic) bond motifs is 3. The molecule has 9 heteroatoms. The number of esters is 1. The van der Waals surface area contributed by atoms with Crippen molar-refractivity contribution in [2.45, 2.75) is 36.4 Å². The normalized spacial score (nSPS) is 26.1. The lowest BCUT2D eigenvalue weighted by Crippen LogP contribution is -2.51. The fraction of sp³-hybridized carbons (Fsp3) is 0.375. The quantitative estimate of drug-likeness (QED) is 0.421. The Kier molecular flexibility index (Phi) is 7.11. The maximum atomic E-state index is 14.1. The van der Waals surface area contributed by atoms with E-state index in [1.165, 1.54) is 26.0 Å². The summed E-state index contributed by atoms with van der Waals surface area (Å²) in [6, 6.07) is 17.9. The molecule has 0 heterocycles. The predicted octanol–water partition coefficient (Wildman–Crippen LogP) is 3.53. The number of aromatic hydroxyl groups is 1. The maximum Gasteiger partial charge on any atom is 0.303 e. The third-order valence-corrected chi connectivity index (χ3v) is 8.64. The van der Waals surface area contributed by atoms with Crippen LogP contribution in [0.5, 0.6) is 23.0 Å². The second-order valence-electron chi connectivity index (χ2n) is 10.8. The van der Waals surface area contributed by atoms with Gasteiger partial charge in [-0.2, -0.15) is 0 Å². The van der Waals surface area contributed by atoms with Gasteiger partial charge in [-0.3, -0.25) is 9.59 Å². The standard InChI is InChI=1S/C32H35NO8/c1-18(34)41-29-26(30(36)33(2)3)28(19-10-8-7-9-11-19)31(21-12-13-24(39-5)23(35)15-21)17-20-14-22(38-4)16-25(40-6)27(20)32(29,31)37/h7-16,26,28-29,35,37H,17H2,1-6H3/t26-,28-,29-,31-,32+/m1/s1. The lowest BCUT2D eigenvalue weighted by molar-refractivity contribution is -0.172. The van der Waals surface area contributed by atoms with E-state index in [1.54, 1.807) is 45.5 Å². The summed E-state index contributed by atoms with van der Waals surface area (Å²) in [7, 11) is 7.77. The summed E-state index contributed by atoms with van der Waals surface area (Å²) in [5.41, 5.74) is -0.796. The van der Waals surface area contributed by atoms with Crippen molar-refractivity contribution in [1.29, 1.82) is 0 Å². The highest BCUT2D eigenvalue weighted by Crippen LogP contribution is 2.71. The second kappa shape index (κ2) is 10.3. The average molecular weight is 562 g/mol. The zero-order valence-corrected chi connectivity index (χ0v) is 24.0. The van der Waals surface area contributed by atoms with Crippen LogP contribution < -0.4 is 14.2 Å². The fourth-order valence-electron chi connectivity index (χ4n) is 7.17. The van der Waals surface area contributed by atoms with Crippen LogP contribution in [0.2, 0.25) is 0 Å². The molecule has 2 N–H and O–H groups in total. The molecule has 216 valence electrons. The molecule has 0 aromatic heterocycles. The topological polar surface area (TPSA) is 115 Å². The summed E-state index contributed by atoms with van der Waals surface area (Å²) >= 11 is 0. The van der Waals surface area contributed by atoms with E-state index in [2.05, 4.69) is 0 Å². The van der Waals surface area contributed by atoms with E-state index in [9.17, 15) is 19.8 Å². The van der Waals surface area contributed by atoms with Crippen LogP contribution in [0.4, 0.5) is 0 Å². The zero-order valence-electron chi connectivity index (χ0n) is 24.0. The van der Waals surface area contributed by atoms with Crippen molar-refractivity contribution >= 4 is 11.9 Å². The largest absolute Gasteiger partial charge is 0.504 e. The van der Waals surface area contributed by atoms with Crippen LogP contribution in [-0.4, -0.2) is 68.5 Å². The number of nitrogens with zero attached hydrogens (tertiary/aromatic N) is 1. The van der Waals surface area contributed by atoms with Crippen LogP contribution in [0, 0.1) is 5.92 Å². The predicted molar refractivity (Wildman–Crippen MR) is 150 cm³/mol. The van der Waals surface area contributed by atoms with E-state index in [4.69, 9.17) is 18.9 Å². The minimum Gasteiger partial charge on any atom is -0.504 e. The summed E-state index contributed by atoms with van der Waals surface area (Å²) in [5.74, 6) is -1.62. The lowest BCUT2D eigenvalue weighted by atomic mass is 9.62. The Balaban J connectivity index is 1.95. The Morgan fingerprint density at radius 2 is 1.61 bits per heavy atom. The van der Waals surface area contributed by atoms with Gasteiger partial charge in [-0.25, -0.2) is 0 Å². The summed E-state index contributed by atoms with van der Waals surface area (Å²) in [5, 5.41) is 24.3. The number of ether oxygens (including phenoxy) is 4. The average Bonchev–Trinajstić information content (AvgIpc) is 3.34. The molecule has 5 rings (SSSR count). The van der Waals surface area contributed by atoms with Gasteiger partial charge in [0, 0.05) is 44.0 Å². The van der Waals surface area contributed by atoms with Crippen LogP contribution in [0.25, 0.3) is 0 Å². The molecule has 3 aromatic rings. The number of methoxy groups -OCH3 is 3. The number of phenolic OH excluding ortho intramolecular Hbond substituents is 1. The Morgan fingerprint density at radius 3 is 2.17 bits per heavy atom. The van der Waals surface area contributed by atoms with Crippen molar-refractivity contribution in [3.8, 4) is 23.0 Å². The first-order chi connectivity index (χ1) is 19.5. The second-order valence-corrected chi connectivity index (χ2v) is 10.8. The number of hydrogen-bond donors (Lipinski definition) is 2. The maximum absolute atomic E-state index is 14.1. The third-order valence-electron chi connectivity index (χ3n) is 8.64. The van der Waals surface area contributed by atoms with Crippen LogP contribution in [0.15, 0.2) is 60.7 Å². The molecule has 0 spiro atoms. The van der Waals surface area contributed by atoms with E-state index in [0.717, 1.165) is 5.56 Å². The van der Waals surface area contributed by atoms with E-state index in [1.807, 2.05) is 36.4 Å². The van der Waals surface area contributed by atoms with E-state index in [0.29, 0.717) is 28.2 Å². The number of phenols is 1. The van der Waals surface area contributed by atoms with Gasteiger partial charge in [-0.15, -0.1) is 0 Å². The molecule has 0 aliphatic heterocycles. The van der Waals surface area contributed by atoms with Gasteiger partial charge in [0.1, 0.15) is 23.2 Å². The molecule has 41 heavy (non-hydrogen) atoms. The number of carbonyl (C=O) groups excluding carboxylic acids is 2. The van der Waals surface area contributed by atoms with E-state index < -0.39 is 34.9 Å². The Morgan fingerprint density at radius 1 is 0.927 bits per heavy atom. The molecule has 9 nitrogen and oxygen atoms in total. The van der Waals surface area contributed by atoms with E-state index in [-0.39, 0.29) is 23.8 Å². The molecule has 0 saturated heterocycles. The van der Waals surface area contributed by atoms with Crippen LogP contribution >= 0.6 is 0 Å². The minimum absolute atomic E-state index is 0.125. The molecular formula is C32H35NO8. The number of carbonyl (C=O) groups is 2. The van der Waals surface area contributed by atoms with Crippen LogP contribution in [-0.2, 0) is 31.8 Å². The van der Waals surface area contributed by atoms with Crippen LogP contribution in [0.3, 0.4) is 0 Å². The molecule has 1 amide bonds. The van der Waals surface area contributed by atoms with Crippen molar-refractivity contribution in [2.75, 3.05) is 35.4 Å². The summed E-state index contributed by atoms with van der Waals surface area (Å²) < 4.78 is 22.7. The number of aliphatic hydroxyl groups is 1. The SMILES string of the molecule is COc1cc2c(c(OC)c1)[C@]1(O)[C@H](OC(C)=O)[C@H](C(=O)N(C)C)[C@@H](c3ccccc3)[C@]1(c1ccc(OC)c(O)c1)C2. The summed E-state index contributed by atoms with van der Waals surface area (Å²) in [4.78, 5) is 28.2. The van der Waals surface area contributed by atoms with Crippen LogP contribution in [0.1, 0.15) is 35.1 Å². The molecule has 3 aromatic carbocycles. The zero-order chi connectivity index (χ0) is 29.7. The number of hydrogen-bond acceptors (Lipinski definition) is 8. The monoisotopic (exact) mass is 561 g/mol. The number of rotatable bonds is 7. The molecule has 2 aliphatic rings. The first-order valence-electron chi connectivity index (χ1n) is 13.3. The summed E-state index contributed by atoms with van der Waals surface area (Å²) in [6.45, 7) is 1.26. The molecule has 1 fully saturated rings. The Bertz CT molecular complexity index is 1490. The minimum atomic E-state index is -1.95. The highest BCUT2D eigenvalue weighted by molar-refractivity contribution is 5.84. The molecular weight excluding hydrogens is 526 g/mol. The fourth-order valence-corrected chi connectivity index (χ4v) is 7.17. The van der Waals surface area contributed by atoms with Gasteiger partial charge in [0.05, 0.1) is 27.2 Å². The smallest absolute Gasteiger partial charge is 0.303 e. The van der Waals surface area contributed by atoms with Gasteiger partial charge in [-0.05, 0) is 41.3 Å². The highest BCUT2D eigenvalue weighted by atomic mass is 16.6. The third kappa shape index (κ3) is 4.01. The highest BCUT2D eigenvalue weighted by Gasteiger charge is 2.77. The van der Waals surface area contributed by atoms with Gasteiger partial charge >= 0.3 is 5.97 Å². The molecule has 5 atom stereocenters. The van der Waals surface area contributed by atoms with E-state index >= 15 is 0 Å². The van der Waals surface area contributed by atoms with Crippen molar-refractivity contribution < 1.29 is 38.7 Å². The van der Waals surface area contributed by atoms with Gasteiger partial charge < -0.3 is 34.1 Å². The first kappa shape index (κ1) is 28.3. The van der Waals surface area contributed by atoms with Gasteiger partial charge in [0.15, 0.2) is 11.5 Å². The van der Waals surface area contributed by atoms with Crippen molar-refractivity contribution in [2.24, 2.45) is 5.92 Å². The van der Waals surface area contributed by atoms with Crippen molar-refractivity contribution in [3.05, 3.63) is 82.9 Å². The lowest BCUT2D eigenvalue weighted by Gasteiger charge is -2.43. The Hall–Kier alpha value is -4.24. The number of amides is 1. The Labute approximate surface area is 239 Å². The molecule has 1 saturated carbocycles. The molecule has 2 aliphatic carbocycles. The first-order valence-corrected chi connectivity index (χ1v) is 13.3. The van der Waals surface area contributed by atoms with Gasteiger partial charge in [0.2, 0.25) is 5.91 Å². The van der Waals surface area contributed by atoms with Gasteiger partial charge in [0.25, 0.3) is 0 Å². The molecule has 0 radical (unpaired) electrons. The number of benzene rings is 3. The van der Waals surface area contributed by atoms with Crippen molar-refractivity contribution in [1.82, 2.24) is 4.90 Å². The van der Waals surface area contributed by atoms with Gasteiger partial charge in [-0.1, -0.05) is 36.4 Å². The summed E-state index contributed by atoms with van der Waals surface area (Å²) in [6.07, 6.45) is -1.07. The molecule has 0 unspecified atom stereocenters. The molecule has 0 bridgehead atoms.